The third-order valence-electron chi connectivity index (χ3n) is 2.56. The number of primary amides is 1. The van der Waals surface area contributed by atoms with Crippen LogP contribution in [0, 0.1) is 11.2 Å². The number of amides is 1. The van der Waals surface area contributed by atoms with Crippen LogP contribution in [-0.2, 0) is 11.3 Å². The first-order valence-electron chi connectivity index (χ1n) is 5.27. The fraction of sp³-hybridized carbons (Fsp3) is 0.417. The number of hydrogen-bond donors (Lipinski definition) is 2. The largest absolute Gasteiger partial charge is 0.369 e. The first kappa shape index (κ1) is 13.9. The molecule has 1 aromatic rings. The summed E-state index contributed by atoms with van der Waals surface area (Å²) in [6.07, 6.45) is 0. The van der Waals surface area contributed by atoms with Crippen LogP contribution in [0.25, 0.3) is 0 Å². The van der Waals surface area contributed by atoms with Crippen molar-refractivity contribution in [2.24, 2.45) is 11.1 Å². The summed E-state index contributed by atoms with van der Waals surface area (Å²) in [5, 5.41) is 3.48. The molecular formula is C12H16ClFN2O. The summed E-state index contributed by atoms with van der Waals surface area (Å²) in [5.74, 6) is -0.713. The van der Waals surface area contributed by atoms with Crippen LogP contribution in [0.1, 0.15) is 19.4 Å². The Morgan fingerprint density at radius 1 is 1.53 bits per heavy atom. The van der Waals surface area contributed by atoms with Crippen LogP contribution in [0.15, 0.2) is 18.2 Å². The van der Waals surface area contributed by atoms with Crippen LogP contribution in [0.2, 0.25) is 5.02 Å². The summed E-state index contributed by atoms with van der Waals surface area (Å²) in [4.78, 5) is 11.1. The molecule has 3 nitrogen and oxygen atoms in total. The van der Waals surface area contributed by atoms with Gasteiger partial charge in [0.15, 0.2) is 0 Å². The molecule has 0 heterocycles. The van der Waals surface area contributed by atoms with Crippen LogP contribution in [0.3, 0.4) is 0 Å². The molecule has 0 unspecified atom stereocenters. The lowest BCUT2D eigenvalue weighted by Gasteiger charge is -2.20. The minimum atomic E-state index is -0.658. The Bertz CT molecular complexity index is 421. The molecule has 0 saturated carbocycles. The lowest BCUT2D eigenvalue weighted by atomic mass is 9.93. The monoisotopic (exact) mass is 258 g/mol. The normalized spacial score (nSPS) is 11.5. The average Bonchev–Trinajstić information content (AvgIpc) is 2.22. The number of carbonyl (C=O) groups excluding carboxylic acids is 1. The van der Waals surface area contributed by atoms with E-state index < -0.39 is 11.3 Å². The van der Waals surface area contributed by atoms with Crippen molar-refractivity contribution in [1.82, 2.24) is 5.32 Å². The van der Waals surface area contributed by atoms with Crippen LogP contribution in [0.4, 0.5) is 4.39 Å². The van der Waals surface area contributed by atoms with Crippen LogP contribution in [-0.4, -0.2) is 12.5 Å². The number of nitrogens with one attached hydrogen (secondary N) is 1. The van der Waals surface area contributed by atoms with E-state index in [4.69, 9.17) is 17.3 Å². The van der Waals surface area contributed by atoms with Crippen molar-refractivity contribution < 1.29 is 9.18 Å². The molecule has 0 spiro atoms. The second-order valence-corrected chi connectivity index (χ2v) is 5.02. The van der Waals surface area contributed by atoms with Gasteiger partial charge in [0.1, 0.15) is 5.82 Å². The molecule has 0 bridgehead atoms. The van der Waals surface area contributed by atoms with Gasteiger partial charge in [-0.05, 0) is 32.0 Å². The lowest BCUT2D eigenvalue weighted by molar-refractivity contribution is -0.125. The SMILES string of the molecule is CC(C)(CNCc1cc(Cl)ccc1F)C(N)=O. The highest BCUT2D eigenvalue weighted by molar-refractivity contribution is 6.30. The standard InChI is InChI=1S/C12H16ClFN2O/c1-12(2,11(15)17)7-16-6-8-5-9(13)3-4-10(8)14/h3-5,16H,6-7H2,1-2H3,(H2,15,17). The van der Waals surface area contributed by atoms with Gasteiger partial charge in [0.25, 0.3) is 0 Å². The van der Waals surface area contributed by atoms with Gasteiger partial charge >= 0.3 is 0 Å². The zero-order valence-corrected chi connectivity index (χ0v) is 10.6. The van der Waals surface area contributed by atoms with Gasteiger partial charge in [-0.2, -0.15) is 0 Å². The van der Waals surface area contributed by atoms with Crippen molar-refractivity contribution in [3.8, 4) is 0 Å². The second kappa shape index (κ2) is 5.47. The van der Waals surface area contributed by atoms with Crippen LogP contribution < -0.4 is 11.1 Å². The summed E-state index contributed by atoms with van der Waals surface area (Å²) in [7, 11) is 0. The fourth-order valence-corrected chi connectivity index (χ4v) is 1.47. The predicted octanol–water partition coefficient (Wildman–Crippen LogP) is 2.08. The van der Waals surface area contributed by atoms with Gasteiger partial charge in [-0.1, -0.05) is 11.6 Å². The summed E-state index contributed by atoms with van der Waals surface area (Å²) in [6.45, 7) is 4.16. The fourth-order valence-electron chi connectivity index (χ4n) is 1.28. The summed E-state index contributed by atoms with van der Waals surface area (Å²) in [6, 6.07) is 4.37. The molecule has 0 aromatic heterocycles. The maximum Gasteiger partial charge on any atom is 0.224 e. The number of benzene rings is 1. The average molecular weight is 259 g/mol. The highest BCUT2D eigenvalue weighted by Gasteiger charge is 2.24. The lowest BCUT2D eigenvalue weighted by Crippen LogP contribution is -2.40. The number of hydrogen-bond acceptors (Lipinski definition) is 2. The Labute approximate surface area is 105 Å². The van der Waals surface area contributed by atoms with Gasteiger partial charge in [0.2, 0.25) is 5.91 Å². The Morgan fingerprint density at radius 2 is 2.18 bits per heavy atom. The number of nitrogens with two attached hydrogens (primary N) is 1. The van der Waals surface area contributed by atoms with E-state index in [1.165, 1.54) is 12.1 Å². The van der Waals surface area contributed by atoms with Gasteiger partial charge in [0.05, 0.1) is 5.41 Å². The Morgan fingerprint density at radius 3 is 2.76 bits per heavy atom. The van der Waals surface area contributed by atoms with Crippen molar-refractivity contribution in [2.75, 3.05) is 6.54 Å². The third-order valence-corrected chi connectivity index (χ3v) is 2.79. The quantitative estimate of drug-likeness (QED) is 0.850. The van der Waals surface area contributed by atoms with Crippen molar-refractivity contribution in [1.29, 1.82) is 0 Å². The van der Waals surface area contributed by atoms with E-state index in [1.54, 1.807) is 19.9 Å². The first-order valence-corrected chi connectivity index (χ1v) is 5.65. The molecule has 0 aliphatic carbocycles. The molecule has 0 aliphatic heterocycles. The van der Waals surface area contributed by atoms with Gasteiger partial charge in [0, 0.05) is 23.7 Å². The summed E-state index contributed by atoms with van der Waals surface area (Å²) >= 11 is 5.77. The van der Waals surface area contributed by atoms with Crippen molar-refractivity contribution in [3.63, 3.8) is 0 Å². The molecule has 1 rings (SSSR count). The van der Waals surface area contributed by atoms with E-state index in [2.05, 4.69) is 5.32 Å². The molecule has 3 N–H and O–H groups in total. The van der Waals surface area contributed by atoms with Gasteiger partial charge in [-0.15, -0.1) is 0 Å². The zero-order valence-electron chi connectivity index (χ0n) is 9.89. The van der Waals surface area contributed by atoms with Crippen molar-refractivity contribution in [3.05, 3.63) is 34.6 Å². The maximum absolute atomic E-state index is 13.4. The van der Waals surface area contributed by atoms with Gasteiger partial charge < -0.3 is 11.1 Å². The van der Waals surface area contributed by atoms with Gasteiger partial charge in [-0.25, -0.2) is 4.39 Å². The molecule has 17 heavy (non-hydrogen) atoms. The minimum Gasteiger partial charge on any atom is -0.369 e. The Balaban J connectivity index is 2.57. The molecule has 0 fully saturated rings. The summed E-state index contributed by atoms with van der Waals surface area (Å²) in [5.41, 5.74) is 5.04. The number of halogens is 2. The van der Waals surface area contributed by atoms with Gasteiger partial charge in [-0.3, -0.25) is 4.79 Å². The molecule has 0 saturated heterocycles. The number of rotatable bonds is 5. The number of carbonyl (C=O) groups is 1. The van der Waals surface area contributed by atoms with E-state index in [1.807, 2.05) is 0 Å². The first-order chi connectivity index (χ1) is 7.83. The van der Waals surface area contributed by atoms with Crippen LogP contribution in [0.5, 0.6) is 0 Å². The molecular weight excluding hydrogens is 243 g/mol. The zero-order chi connectivity index (χ0) is 13.1. The predicted molar refractivity (Wildman–Crippen MR) is 66.1 cm³/mol. The topological polar surface area (TPSA) is 55.1 Å². The minimum absolute atomic E-state index is 0.309. The molecule has 1 aromatic carbocycles. The highest BCUT2D eigenvalue weighted by atomic mass is 35.5. The van der Waals surface area contributed by atoms with Crippen LogP contribution >= 0.6 is 11.6 Å². The smallest absolute Gasteiger partial charge is 0.224 e. The van der Waals surface area contributed by atoms with E-state index in [9.17, 15) is 9.18 Å². The molecule has 1 amide bonds. The summed E-state index contributed by atoms with van der Waals surface area (Å²) < 4.78 is 13.4. The molecule has 0 aliphatic rings. The molecule has 5 heteroatoms. The molecule has 94 valence electrons. The van der Waals surface area contributed by atoms with E-state index in [0.29, 0.717) is 23.7 Å². The van der Waals surface area contributed by atoms with Crippen molar-refractivity contribution >= 4 is 17.5 Å². The Hall–Kier alpha value is -1.13. The third kappa shape index (κ3) is 3.98. The second-order valence-electron chi connectivity index (χ2n) is 4.59. The molecule has 0 atom stereocenters. The Kier molecular flexibility index (Phi) is 4.48. The van der Waals surface area contributed by atoms with E-state index >= 15 is 0 Å². The van der Waals surface area contributed by atoms with E-state index in [-0.39, 0.29) is 5.82 Å². The highest BCUT2D eigenvalue weighted by Crippen LogP contribution is 2.16. The van der Waals surface area contributed by atoms with E-state index in [0.717, 1.165) is 0 Å². The van der Waals surface area contributed by atoms with Crippen molar-refractivity contribution in [2.45, 2.75) is 20.4 Å². The maximum atomic E-state index is 13.4. The molecule has 0 radical (unpaired) electrons.